The third-order valence-corrected chi connectivity index (χ3v) is 2.71. The maximum Gasteiger partial charge on any atom is 0 e. The fourth-order valence-electron chi connectivity index (χ4n) is 1.05. The number of ether oxygens (including phenoxy) is 1. The van der Waals surface area contributed by atoms with Crippen molar-refractivity contribution in [3.63, 3.8) is 0 Å². The molecule has 2 N–H and O–H groups in total. The summed E-state index contributed by atoms with van der Waals surface area (Å²) >= 11 is 4.74. The first kappa shape index (κ1) is 29.9. The Kier molecular flexibility index (Phi) is 17.7. The van der Waals surface area contributed by atoms with Crippen molar-refractivity contribution in [2.45, 2.75) is 38.8 Å². The van der Waals surface area contributed by atoms with Gasteiger partial charge < -0.3 is 25.1 Å². The summed E-state index contributed by atoms with van der Waals surface area (Å²) in [5, 5.41) is 20.5. The topological polar surface area (TPSA) is 132 Å². The normalized spacial score (nSPS) is 9.92. The van der Waals surface area contributed by atoms with E-state index in [1.807, 2.05) is 0 Å². The molecule has 24 heavy (non-hydrogen) atoms. The molecule has 0 unspecified atom stereocenters. The van der Waals surface area contributed by atoms with Crippen LogP contribution in [0, 0.1) is 0 Å². The Hall–Kier alpha value is 1.16. The second-order valence-corrected chi connectivity index (χ2v) is 16.8. The quantitative estimate of drug-likeness (QED) is 0.311. The van der Waals surface area contributed by atoms with Gasteiger partial charge in [-0.15, -0.1) is 0 Å². The largest absolute Gasteiger partial charge is 0 e. The molecule has 14 heteroatoms. The average Bonchev–Trinajstić information content (AvgIpc) is 2.24. The molecular formula is C10H14B2I2NO7VY-. The van der Waals surface area contributed by atoms with Crippen LogP contribution in [0.25, 0.3) is 5.32 Å². The number of carbonyl (C=O) groups excluding carboxylic acids is 2. The fourth-order valence-corrected chi connectivity index (χ4v) is 1.05. The zero-order valence-corrected chi connectivity index (χ0v) is 21.9. The molecule has 0 saturated heterocycles. The summed E-state index contributed by atoms with van der Waals surface area (Å²) < 4.78 is 4.94. The van der Waals surface area contributed by atoms with E-state index in [9.17, 15) is 19.2 Å². The Morgan fingerprint density at radius 1 is 1.00 bits per heavy atom. The Morgan fingerprint density at radius 2 is 1.38 bits per heavy atom. The van der Waals surface area contributed by atoms with Crippen LogP contribution < -0.4 is 0 Å². The van der Waals surface area contributed by atoms with E-state index < -0.39 is 34.6 Å². The van der Waals surface area contributed by atoms with Crippen LogP contribution in [0.15, 0.2) is 0 Å². The van der Waals surface area contributed by atoms with E-state index in [4.69, 9.17) is 14.9 Å². The minimum atomic E-state index is -1.46. The van der Waals surface area contributed by atoms with Gasteiger partial charge in [-0.3, -0.25) is 14.4 Å². The number of halogens is 2. The van der Waals surface area contributed by atoms with E-state index in [0.29, 0.717) is 24.0 Å². The number of nitrogens with zero attached hydrogens (tertiary/aromatic N) is 1. The molecule has 0 spiro atoms. The number of hydrogen-bond donors (Lipinski definition) is 2. The molecule has 0 aliphatic rings. The first-order valence-corrected chi connectivity index (χ1v) is 14.9. The first-order chi connectivity index (χ1) is 10.3. The van der Waals surface area contributed by atoms with Gasteiger partial charge in [-0.2, -0.15) is 0 Å². The number of rotatable bonds is 7. The van der Waals surface area contributed by atoms with Gasteiger partial charge in [0.25, 0.3) is 11.7 Å². The Bertz CT molecular complexity index is 428. The number of hydrogen-bond acceptors (Lipinski definition) is 5. The van der Waals surface area contributed by atoms with Crippen LogP contribution >= 0.6 is 40.0 Å². The molecule has 0 aromatic carbocycles. The number of carboxylic acid groups (broad SMARTS) is 2. The van der Waals surface area contributed by atoms with Crippen LogP contribution in [0.2, 0.25) is 0 Å². The molecule has 0 aliphatic heterocycles. The van der Waals surface area contributed by atoms with Gasteiger partial charge in [0.15, 0.2) is 0 Å². The van der Waals surface area contributed by atoms with Crippen molar-refractivity contribution in [1.29, 1.82) is 0 Å². The molecule has 0 aromatic heterocycles. The van der Waals surface area contributed by atoms with E-state index in [-0.39, 0.29) is 32.7 Å². The summed E-state index contributed by atoms with van der Waals surface area (Å²) in [6.07, 6.45) is 0. The van der Waals surface area contributed by atoms with Crippen LogP contribution in [0.4, 0.5) is 19.2 Å². The summed E-state index contributed by atoms with van der Waals surface area (Å²) in [6.45, 7) is 5.76. The standard InChI is InChI=1S/C10H15B2NO7.2HI.V.Y/c1-9(2,13-5(14)11-6(15)16)10(3,4)20-8(19)12-7(17)18;;;;/h1-4H3,(H3,13,14,15,16,17,18);2*1H;;/q;;;+2;/p-3. The molecule has 8 nitrogen and oxygen atoms in total. The number of amides is 1. The molecule has 0 rings (SSSR count). The van der Waals surface area contributed by atoms with Crippen molar-refractivity contribution >= 4 is 77.9 Å². The monoisotopic (exact) mass is 676 g/mol. The van der Waals surface area contributed by atoms with E-state index in [1.165, 1.54) is 27.7 Å². The van der Waals surface area contributed by atoms with E-state index in [0.717, 1.165) is 0 Å². The van der Waals surface area contributed by atoms with Gasteiger partial charge in [-0.05, 0) is 13.8 Å². The van der Waals surface area contributed by atoms with E-state index in [2.05, 4.69) is 45.3 Å². The molecule has 0 atom stereocenters. The molecular weight excluding hydrogens is 661 g/mol. The SMILES string of the molecule is CC(C)([N-]C(=O)[B]C(=O)O)C(C)(C)OC(=O)[B]C(=O)O.[I][V][I].[Y]. The van der Waals surface area contributed by atoms with Gasteiger partial charge in [0, 0.05) is 38.5 Å². The zero-order valence-electron chi connectivity index (χ0n) is 13.3. The van der Waals surface area contributed by atoms with Crippen LogP contribution in [0.5, 0.6) is 0 Å². The molecule has 3 radical (unpaired) electrons. The molecule has 0 fully saturated rings. The van der Waals surface area contributed by atoms with Crippen molar-refractivity contribution in [1.82, 2.24) is 0 Å². The van der Waals surface area contributed by atoms with Gasteiger partial charge >= 0.3 is 64.0 Å². The van der Waals surface area contributed by atoms with Gasteiger partial charge in [-0.25, -0.2) is 0 Å². The minimum absolute atomic E-state index is 0. The van der Waals surface area contributed by atoms with Crippen LogP contribution in [0.3, 0.4) is 0 Å². The van der Waals surface area contributed by atoms with E-state index >= 15 is 0 Å². The summed E-state index contributed by atoms with van der Waals surface area (Å²) in [5.74, 6) is -4.99. The third-order valence-electron chi connectivity index (χ3n) is 2.71. The molecule has 0 aliphatic carbocycles. The average molecular weight is 676 g/mol. The molecule has 130 valence electrons. The maximum atomic E-state index is 11.3. The maximum absolute atomic E-state index is 11.3. The zero-order chi connectivity index (χ0) is 18.8. The van der Waals surface area contributed by atoms with Gasteiger partial charge in [0.2, 0.25) is 5.87 Å². The predicted molar refractivity (Wildman–Crippen MR) is 99.0 cm³/mol. The van der Waals surface area contributed by atoms with Crippen molar-refractivity contribution in [3.05, 3.63) is 5.32 Å². The predicted octanol–water partition coefficient (Wildman–Crippen LogP) is 3.70. The fraction of sp³-hybridized carbons (Fsp3) is 0.600. The van der Waals surface area contributed by atoms with Gasteiger partial charge in [0.05, 0.1) is 5.60 Å². The number of carbonyl (C=O) groups is 4. The Morgan fingerprint density at radius 3 is 1.71 bits per heavy atom. The Labute approximate surface area is 195 Å². The van der Waals surface area contributed by atoms with Gasteiger partial charge in [0.1, 0.15) is 0 Å². The second-order valence-electron chi connectivity index (χ2n) is 4.97. The minimum Gasteiger partial charge on any atom is 0 e. The summed E-state index contributed by atoms with van der Waals surface area (Å²) in [5.41, 5.74) is -2.57. The van der Waals surface area contributed by atoms with Gasteiger partial charge in [-0.1, -0.05) is 19.4 Å². The molecule has 0 saturated carbocycles. The summed E-state index contributed by atoms with van der Waals surface area (Å²) in [6, 6.07) is 0. The summed E-state index contributed by atoms with van der Waals surface area (Å²) in [7, 11) is 1.34. The first-order valence-electron chi connectivity index (χ1n) is 5.86. The summed E-state index contributed by atoms with van der Waals surface area (Å²) in [4.78, 5) is 43.3. The van der Waals surface area contributed by atoms with Crippen LogP contribution in [-0.2, 0) is 46.9 Å². The molecule has 0 heterocycles. The molecule has 1 amide bonds. The molecule has 0 aromatic rings. The van der Waals surface area contributed by atoms with Crippen molar-refractivity contribution in [3.8, 4) is 0 Å². The van der Waals surface area contributed by atoms with Crippen LogP contribution in [0.1, 0.15) is 27.7 Å². The third kappa shape index (κ3) is 14.3. The van der Waals surface area contributed by atoms with Crippen LogP contribution in [-0.4, -0.2) is 59.3 Å². The Balaban J connectivity index is -0.00000102. The molecule has 0 bridgehead atoms. The van der Waals surface area contributed by atoms with E-state index in [1.54, 1.807) is 0 Å². The van der Waals surface area contributed by atoms with Crippen molar-refractivity contribution in [2.75, 3.05) is 0 Å². The van der Waals surface area contributed by atoms with Crippen molar-refractivity contribution < 1.29 is 76.3 Å². The smallest absolute Gasteiger partial charge is 0 e. The second kappa shape index (κ2) is 14.2. The van der Waals surface area contributed by atoms with Crippen molar-refractivity contribution in [2.24, 2.45) is 0 Å².